The van der Waals surface area contributed by atoms with E-state index in [1.807, 2.05) is 41.3 Å². The first-order valence-corrected chi connectivity index (χ1v) is 11.5. The van der Waals surface area contributed by atoms with E-state index in [-0.39, 0.29) is 11.8 Å². The van der Waals surface area contributed by atoms with Gasteiger partial charge in [-0.25, -0.2) is 14.8 Å². The second kappa shape index (κ2) is 11.0. The van der Waals surface area contributed by atoms with Gasteiger partial charge in [0.2, 0.25) is 5.95 Å². The average molecular weight is 506 g/mol. The fourth-order valence-electron chi connectivity index (χ4n) is 3.55. The van der Waals surface area contributed by atoms with Gasteiger partial charge in [0.1, 0.15) is 0 Å². The van der Waals surface area contributed by atoms with Gasteiger partial charge < -0.3 is 15.0 Å². The Balaban J connectivity index is 1.22. The zero-order chi connectivity index (χ0) is 24.7. The lowest BCUT2D eigenvalue weighted by molar-refractivity contribution is 0.122. The van der Waals surface area contributed by atoms with Crippen molar-refractivity contribution in [1.82, 2.24) is 25.1 Å². The third-order valence-corrected chi connectivity index (χ3v) is 5.46. The lowest BCUT2D eigenvalue weighted by Crippen LogP contribution is -2.37. The van der Waals surface area contributed by atoms with Crippen molar-refractivity contribution in [1.29, 1.82) is 0 Å². The largest absolute Gasteiger partial charge is 0.378 e. The highest BCUT2D eigenvalue weighted by Crippen LogP contribution is 2.27. The fourth-order valence-corrected chi connectivity index (χ4v) is 3.79. The Morgan fingerprint density at radius 1 is 1.06 bits per heavy atom. The molecular weight excluding hydrogens is 485 g/mol. The summed E-state index contributed by atoms with van der Waals surface area (Å²) in [4.78, 5) is 14.4. The molecule has 182 valence electrons. The second-order valence-corrected chi connectivity index (χ2v) is 8.21. The summed E-state index contributed by atoms with van der Waals surface area (Å²) in [6, 6.07) is 12.9. The number of nitrogens with zero attached hydrogens (tertiary/aromatic N) is 7. The van der Waals surface area contributed by atoms with E-state index in [1.54, 1.807) is 18.5 Å². The van der Waals surface area contributed by atoms with E-state index in [0.717, 1.165) is 28.8 Å². The van der Waals surface area contributed by atoms with Crippen LogP contribution in [0.25, 0.3) is 11.3 Å². The molecule has 1 saturated heterocycles. The van der Waals surface area contributed by atoms with Gasteiger partial charge in [0.05, 0.1) is 48.9 Å². The Hall–Kier alpha value is -4.22. The molecule has 1 aromatic carbocycles. The van der Waals surface area contributed by atoms with Crippen LogP contribution in [0, 0.1) is 5.82 Å². The zero-order valence-corrected chi connectivity index (χ0v) is 19.7. The average Bonchev–Trinajstić information content (AvgIpc) is 2.91. The monoisotopic (exact) mass is 505 g/mol. The van der Waals surface area contributed by atoms with Crippen molar-refractivity contribution in [3.63, 3.8) is 0 Å². The Bertz CT molecular complexity index is 1350. The highest BCUT2D eigenvalue weighted by Gasteiger charge is 2.17. The topological polar surface area (TPSA) is 113 Å². The molecule has 0 unspecified atom stereocenters. The molecule has 1 aliphatic heterocycles. The molecule has 5 rings (SSSR count). The number of hydrogen-bond acceptors (Lipinski definition) is 10. The minimum atomic E-state index is -0.486. The van der Waals surface area contributed by atoms with Crippen LogP contribution in [0.1, 0.15) is 5.69 Å². The molecule has 36 heavy (non-hydrogen) atoms. The molecule has 1 fully saturated rings. The number of benzene rings is 1. The molecule has 0 bridgehead atoms. The third kappa shape index (κ3) is 5.88. The number of hydrazone groups is 1. The van der Waals surface area contributed by atoms with E-state index in [0.29, 0.717) is 37.0 Å². The standard InChI is InChI=1S/C24H21ClFN9O/c25-17-10-16(22-2-1-5-29-33-22)11-20(12-17)31-19-4-3-18(27-13-19)14-30-34-24-28-15-21(26)23(32-24)35-6-8-36-9-7-35/h1-5,10-15,31H,6-9H2,(H,28,32,34)/b30-14+. The fraction of sp³-hybridized carbons (Fsp3) is 0.167. The van der Waals surface area contributed by atoms with Crippen molar-refractivity contribution < 1.29 is 9.13 Å². The normalized spacial score (nSPS) is 13.7. The van der Waals surface area contributed by atoms with Crippen LogP contribution in [0.5, 0.6) is 0 Å². The Morgan fingerprint density at radius 2 is 1.94 bits per heavy atom. The number of anilines is 4. The van der Waals surface area contributed by atoms with Crippen LogP contribution in [0.15, 0.2) is 66.2 Å². The maximum absolute atomic E-state index is 14.2. The summed E-state index contributed by atoms with van der Waals surface area (Å²) in [6.07, 6.45) is 5.94. The van der Waals surface area contributed by atoms with Gasteiger partial charge in [-0.05, 0) is 42.5 Å². The predicted octanol–water partition coefficient (Wildman–Crippen LogP) is 4.15. The number of pyridine rings is 1. The first-order valence-electron chi connectivity index (χ1n) is 11.1. The molecule has 0 saturated carbocycles. The van der Waals surface area contributed by atoms with Crippen molar-refractivity contribution in [3.05, 3.63) is 77.6 Å². The molecular formula is C24H21ClFN9O. The maximum Gasteiger partial charge on any atom is 0.245 e. The van der Waals surface area contributed by atoms with Gasteiger partial charge in [-0.1, -0.05) is 11.6 Å². The van der Waals surface area contributed by atoms with E-state index in [1.165, 1.54) is 6.21 Å². The van der Waals surface area contributed by atoms with Gasteiger partial charge in [0.15, 0.2) is 11.6 Å². The smallest absolute Gasteiger partial charge is 0.245 e. The molecule has 10 nitrogen and oxygen atoms in total. The summed E-state index contributed by atoms with van der Waals surface area (Å²) >= 11 is 6.29. The molecule has 12 heteroatoms. The first kappa shape index (κ1) is 23.5. The van der Waals surface area contributed by atoms with E-state index >= 15 is 0 Å². The van der Waals surface area contributed by atoms with E-state index < -0.39 is 5.82 Å². The number of morpholine rings is 1. The predicted molar refractivity (Wildman–Crippen MR) is 136 cm³/mol. The Labute approximate surface area is 211 Å². The van der Waals surface area contributed by atoms with Gasteiger partial charge in [-0.3, -0.25) is 4.98 Å². The highest BCUT2D eigenvalue weighted by molar-refractivity contribution is 6.31. The SMILES string of the molecule is Fc1cnc(N/N=C/c2ccc(Nc3cc(Cl)cc(-c4cccnn4)c3)cn2)nc1N1CCOCC1. The Kier molecular flexibility index (Phi) is 7.20. The second-order valence-electron chi connectivity index (χ2n) is 7.77. The quantitative estimate of drug-likeness (QED) is 0.282. The van der Waals surface area contributed by atoms with Crippen molar-refractivity contribution in [3.8, 4) is 11.3 Å². The highest BCUT2D eigenvalue weighted by atomic mass is 35.5. The summed E-state index contributed by atoms with van der Waals surface area (Å²) in [6.45, 7) is 2.19. The lowest BCUT2D eigenvalue weighted by Gasteiger charge is -2.27. The summed E-state index contributed by atoms with van der Waals surface area (Å²) < 4.78 is 19.5. The van der Waals surface area contributed by atoms with Crippen LogP contribution in [0.2, 0.25) is 5.02 Å². The van der Waals surface area contributed by atoms with E-state index in [9.17, 15) is 4.39 Å². The number of aromatic nitrogens is 5. The number of halogens is 2. The van der Waals surface area contributed by atoms with E-state index in [4.69, 9.17) is 16.3 Å². The summed E-state index contributed by atoms with van der Waals surface area (Å²) in [5, 5.41) is 16.0. The molecule has 0 amide bonds. The molecule has 3 aromatic heterocycles. The molecule has 4 aromatic rings. The molecule has 2 N–H and O–H groups in total. The Morgan fingerprint density at radius 3 is 2.72 bits per heavy atom. The maximum atomic E-state index is 14.2. The van der Waals surface area contributed by atoms with Crippen LogP contribution >= 0.6 is 11.6 Å². The number of rotatable bonds is 7. The lowest BCUT2D eigenvalue weighted by atomic mass is 10.1. The minimum Gasteiger partial charge on any atom is -0.378 e. The summed E-state index contributed by atoms with van der Waals surface area (Å²) in [5.74, 6) is -0.0740. The minimum absolute atomic E-state index is 0.187. The molecule has 0 spiro atoms. The molecule has 0 radical (unpaired) electrons. The number of hydrogen-bond donors (Lipinski definition) is 2. The van der Waals surface area contributed by atoms with Crippen LogP contribution < -0.4 is 15.6 Å². The van der Waals surface area contributed by atoms with Crippen molar-refractivity contribution in [2.45, 2.75) is 0 Å². The van der Waals surface area contributed by atoms with Gasteiger partial charge in [0, 0.05) is 35.6 Å². The molecule has 1 aliphatic rings. The van der Waals surface area contributed by atoms with Gasteiger partial charge in [-0.2, -0.15) is 20.3 Å². The third-order valence-electron chi connectivity index (χ3n) is 5.24. The van der Waals surface area contributed by atoms with Crippen LogP contribution in [-0.2, 0) is 4.74 Å². The van der Waals surface area contributed by atoms with Gasteiger partial charge in [0.25, 0.3) is 0 Å². The number of nitrogens with one attached hydrogen (secondary N) is 2. The molecule has 0 atom stereocenters. The van der Waals surface area contributed by atoms with Gasteiger partial charge >= 0.3 is 0 Å². The molecule has 0 aliphatic carbocycles. The van der Waals surface area contributed by atoms with Crippen LogP contribution in [0.3, 0.4) is 0 Å². The zero-order valence-electron chi connectivity index (χ0n) is 19.0. The van der Waals surface area contributed by atoms with Crippen molar-refractivity contribution in [2.24, 2.45) is 5.10 Å². The van der Waals surface area contributed by atoms with E-state index in [2.05, 4.69) is 41.0 Å². The van der Waals surface area contributed by atoms with Crippen molar-refractivity contribution in [2.75, 3.05) is 41.9 Å². The summed E-state index contributed by atoms with van der Waals surface area (Å²) in [7, 11) is 0. The first-order chi connectivity index (χ1) is 17.6. The van der Waals surface area contributed by atoms with Gasteiger partial charge in [-0.15, -0.1) is 0 Å². The van der Waals surface area contributed by atoms with Crippen molar-refractivity contribution >= 4 is 41.0 Å². The number of ether oxygens (including phenoxy) is 1. The molecule has 4 heterocycles. The summed E-state index contributed by atoms with van der Waals surface area (Å²) in [5.41, 5.74) is 6.46. The van der Waals surface area contributed by atoms with Crippen LogP contribution in [-0.4, -0.2) is 57.7 Å². The van der Waals surface area contributed by atoms with Crippen LogP contribution in [0.4, 0.5) is 27.5 Å².